The maximum Gasteiger partial charge on any atom is 0.0866 e. The molecule has 0 fully saturated rings. The van der Waals surface area contributed by atoms with E-state index in [1.54, 1.807) is 6.92 Å². The number of hydrogen-bond donors (Lipinski definition) is 1. The van der Waals surface area contributed by atoms with Crippen LogP contribution in [0.3, 0.4) is 0 Å². The Bertz CT molecular complexity index is 305. The van der Waals surface area contributed by atoms with E-state index in [0.717, 1.165) is 11.1 Å². The molecule has 0 radical (unpaired) electrons. The molecule has 0 aliphatic rings. The molecule has 2 heteroatoms. The molecule has 72 valence electrons. The largest absolute Gasteiger partial charge is 0.385 e. The maximum atomic E-state index is 9.95. The highest BCUT2D eigenvalue weighted by molar-refractivity contribution is 6.31. The van der Waals surface area contributed by atoms with Gasteiger partial charge in [0.25, 0.3) is 0 Å². The molecule has 0 heterocycles. The molecule has 0 aliphatic carbocycles. The molecule has 0 bridgehead atoms. The van der Waals surface area contributed by atoms with Crippen molar-refractivity contribution in [2.75, 3.05) is 0 Å². The Balaban J connectivity index is 3.10. The van der Waals surface area contributed by atoms with Crippen LogP contribution < -0.4 is 0 Å². The van der Waals surface area contributed by atoms with Gasteiger partial charge in [-0.2, -0.15) is 0 Å². The van der Waals surface area contributed by atoms with Crippen molar-refractivity contribution < 1.29 is 5.11 Å². The summed E-state index contributed by atoms with van der Waals surface area (Å²) < 4.78 is 0. The van der Waals surface area contributed by atoms with Crippen LogP contribution in [-0.2, 0) is 5.60 Å². The average Bonchev–Trinajstić information content (AvgIpc) is 2.09. The minimum Gasteiger partial charge on any atom is -0.385 e. The Morgan fingerprint density at radius 1 is 1.46 bits per heavy atom. The SMILES string of the molecule is CCC(C)(O)c1ccc(C)c(Cl)c1. The minimum absolute atomic E-state index is 0.687. The Morgan fingerprint density at radius 2 is 2.08 bits per heavy atom. The van der Waals surface area contributed by atoms with E-state index >= 15 is 0 Å². The quantitative estimate of drug-likeness (QED) is 0.774. The maximum absolute atomic E-state index is 9.95. The van der Waals surface area contributed by atoms with Crippen LogP contribution in [0, 0.1) is 6.92 Å². The van der Waals surface area contributed by atoms with Crippen molar-refractivity contribution in [2.24, 2.45) is 0 Å². The molecule has 0 saturated carbocycles. The number of aliphatic hydroxyl groups is 1. The molecule has 0 amide bonds. The highest BCUT2D eigenvalue weighted by Crippen LogP contribution is 2.27. The first-order chi connectivity index (χ1) is 5.97. The number of aryl methyl sites for hydroxylation is 1. The molecule has 13 heavy (non-hydrogen) atoms. The second-order valence-corrected chi connectivity index (χ2v) is 4.00. The van der Waals surface area contributed by atoms with Gasteiger partial charge in [0.1, 0.15) is 0 Å². The molecular weight excluding hydrogens is 184 g/mol. The van der Waals surface area contributed by atoms with E-state index < -0.39 is 5.60 Å². The van der Waals surface area contributed by atoms with Gasteiger partial charge in [-0.25, -0.2) is 0 Å². The lowest BCUT2D eigenvalue weighted by Crippen LogP contribution is -2.19. The number of hydrogen-bond acceptors (Lipinski definition) is 1. The van der Waals surface area contributed by atoms with Gasteiger partial charge in [-0.1, -0.05) is 30.7 Å². The normalized spacial score (nSPS) is 15.5. The van der Waals surface area contributed by atoms with E-state index in [2.05, 4.69) is 0 Å². The van der Waals surface area contributed by atoms with Crippen molar-refractivity contribution in [3.05, 3.63) is 34.3 Å². The fourth-order valence-electron chi connectivity index (χ4n) is 1.13. The minimum atomic E-state index is -0.767. The van der Waals surface area contributed by atoms with Crippen LogP contribution in [0.2, 0.25) is 5.02 Å². The predicted molar refractivity (Wildman–Crippen MR) is 56.1 cm³/mol. The Hall–Kier alpha value is -0.530. The van der Waals surface area contributed by atoms with E-state index in [-0.39, 0.29) is 0 Å². The molecule has 1 aromatic carbocycles. The first-order valence-corrected chi connectivity index (χ1v) is 4.84. The summed E-state index contributed by atoms with van der Waals surface area (Å²) in [6.45, 7) is 5.70. The fraction of sp³-hybridized carbons (Fsp3) is 0.455. The topological polar surface area (TPSA) is 20.2 Å². The van der Waals surface area contributed by atoms with E-state index in [9.17, 15) is 5.11 Å². The smallest absolute Gasteiger partial charge is 0.0866 e. The molecule has 0 aliphatic heterocycles. The summed E-state index contributed by atoms with van der Waals surface area (Å²) >= 11 is 5.97. The van der Waals surface area contributed by atoms with E-state index in [4.69, 9.17) is 11.6 Å². The second-order valence-electron chi connectivity index (χ2n) is 3.59. The molecular formula is C11H15ClO. The monoisotopic (exact) mass is 198 g/mol. The molecule has 1 unspecified atom stereocenters. The van der Waals surface area contributed by atoms with Crippen molar-refractivity contribution in [2.45, 2.75) is 32.8 Å². The molecule has 1 N–H and O–H groups in total. The van der Waals surface area contributed by atoms with Crippen LogP contribution in [0.5, 0.6) is 0 Å². The van der Waals surface area contributed by atoms with Crippen LogP contribution in [0.15, 0.2) is 18.2 Å². The van der Waals surface area contributed by atoms with E-state index in [1.165, 1.54) is 0 Å². The van der Waals surface area contributed by atoms with Gasteiger partial charge >= 0.3 is 0 Å². The van der Waals surface area contributed by atoms with Gasteiger partial charge in [0, 0.05) is 5.02 Å². The van der Waals surface area contributed by atoms with Gasteiger partial charge < -0.3 is 5.11 Å². The first kappa shape index (κ1) is 10.6. The van der Waals surface area contributed by atoms with Crippen molar-refractivity contribution in [3.8, 4) is 0 Å². The molecule has 1 rings (SSSR count). The van der Waals surface area contributed by atoms with Crippen LogP contribution >= 0.6 is 11.6 Å². The molecule has 0 saturated heterocycles. The van der Waals surface area contributed by atoms with Gasteiger partial charge in [0.2, 0.25) is 0 Å². The molecule has 1 atom stereocenters. The lowest BCUT2D eigenvalue weighted by Gasteiger charge is -2.22. The van der Waals surface area contributed by atoms with Crippen LogP contribution in [0.4, 0.5) is 0 Å². The molecule has 0 spiro atoms. The lowest BCUT2D eigenvalue weighted by molar-refractivity contribution is 0.0531. The van der Waals surface area contributed by atoms with Crippen molar-refractivity contribution in [1.82, 2.24) is 0 Å². The van der Waals surface area contributed by atoms with Gasteiger partial charge in [0.15, 0.2) is 0 Å². The number of benzene rings is 1. The third kappa shape index (κ3) is 2.23. The summed E-state index contributed by atoms with van der Waals surface area (Å²) in [6.07, 6.45) is 0.687. The predicted octanol–water partition coefficient (Wildman–Crippen LogP) is 3.27. The zero-order valence-corrected chi connectivity index (χ0v) is 9.02. The zero-order chi connectivity index (χ0) is 10.1. The van der Waals surface area contributed by atoms with E-state index in [0.29, 0.717) is 11.4 Å². The van der Waals surface area contributed by atoms with Crippen LogP contribution in [0.25, 0.3) is 0 Å². The zero-order valence-electron chi connectivity index (χ0n) is 8.26. The van der Waals surface area contributed by atoms with Crippen LogP contribution in [0.1, 0.15) is 31.4 Å². The molecule has 0 aromatic heterocycles. The van der Waals surface area contributed by atoms with Gasteiger partial charge in [-0.05, 0) is 37.5 Å². The highest BCUT2D eigenvalue weighted by atomic mass is 35.5. The van der Waals surface area contributed by atoms with Gasteiger partial charge in [0.05, 0.1) is 5.60 Å². The van der Waals surface area contributed by atoms with Crippen molar-refractivity contribution in [1.29, 1.82) is 0 Å². The third-order valence-electron chi connectivity index (χ3n) is 2.48. The summed E-state index contributed by atoms with van der Waals surface area (Å²) in [4.78, 5) is 0. The average molecular weight is 199 g/mol. The summed E-state index contributed by atoms with van der Waals surface area (Å²) in [5.74, 6) is 0. The standard InChI is InChI=1S/C11H15ClO/c1-4-11(3,13)9-6-5-8(2)10(12)7-9/h5-7,13H,4H2,1-3H3. The van der Waals surface area contributed by atoms with E-state index in [1.807, 2.05) is 32.0 Å². The second kappa shape index (κ2) is 3.69. The van der Waals surface area contributed by atoms with Crippen molar-refractivity contribution >= 4 is 11.6 Å². The fourth-order valence-corrected chi connectivity index (χ4v) is 1.31. The molecule has 1 nitrogen and oxygen atoms in total. The third-order valence-corrected chi connectivity index (χ3v) is 2.89. The summed E-state index contributed by atoms with van der Waals surface area (Å²) in [7, 11) is 0. The summed E-state index contributed by atoms with van der Waals surface area (Å²) in [5, 5.41) is 10.7. The Kier molecular flexibility index (Phi) is 2.99. The summed E-state index contributed by atoms with van der Waals surface area (Å²) in [5.41, 5.74) is 1.15. The Morgan fingerprint density at radius 3 is 2.54 bits per heavy atom. The first-order valence-electron chi connectivity index (χ1n) is 4.46. The summed E-state index contributed by atoms with van der Waals surface area (Å²) in [6, 6.07) is 5.69. The van der Waals surface area contributed by atoms with Crippen LogP contribution in [-0.4, -0.2) is 5.11 Å². The van der Waals surface area contributed by atoms with Crippen molar-refractivity contribution in [3.63, 3.8) is 0 Å². The van der Waals surface area contributed by atoms with Gasteiger partial charge in [-0.3, -0.25) is 0 Å². The Labute approximate surface area is 84.4 Å². The molecule has 1 aromatic rings. The lowest BCUT2D eigenvalue weighted by atomic mass is 9.93. The number of rotatable bonds is 2. The number of halogens is 1. The van der Waals surface area contributed by atoms with Gasteiger partial charge in [-0.15, -0.1) is 0 Å². The highest BCUT2D eigenvalue weighted by Gasteiger charge is 2.20.